The van der Waals surface area contributed by atoms with Crippen LogP contribution in [0.4, 0.5) is 4.79 Å². The van der Waals surface area contributed by atoms with Crippen LogP contribution in [0.15, 0.2) is 18.2 Å². The number of likely N-dealkylation sites (N-methyl/N-ethyl adjacent to an activating group) is 1. The summed E-state index contributed by atoms with van der Waals surface area (Å²) in [6.45, 7) is 6.95. The van der Waals surface area contributed by atoms with Gasteiger partial charge in [0.1, 0.15) is 11.3 Å². The van der Waals surface area contributed by atoms with E-state index in [1.165, 1.54) is 4.90 Å². The number of amides is 3. The Kier molecular flexibility index (Phi) is 3.15. The first-order valence-electron chi connectivity index (χ1n) is 7.34. The Morgan fingerprint density at radius 2 is 2.05 bits per heavy atom. The van der Waals surface area contributed by atoms with Crippen molar-refractivity contribution in [3.05, 3.63) is 29.3 Å². The molecule has 21 heavy (non-hydrogen) atoms. The number of fused-ring (bicyclic) bond motifs is 1. The normalized spacial score (nSPS) is 20.0. The zero-order valence-electron chi connectivity index (χ0n) is 12.7. The van der Waals surface area contributed by atoms with Gasteiger partial charge in [0.15, 0.2) is 0 Å². The number of benzene rings is 1. The number of rotatable bonds is 3. The minimum Gasteiger partial charge on any atom is -0.493 e. The lowest BCUT2D eigenvalue weighted by Gasteiger charge is -2.25. The molecule has 1 aromatic rings. The minimum atomic E-state index is -0.773. The lowest BCUT2D eigenvalue weighted by atomic mass is 10.0. The van der Waals surface area contributed by atoms with Crippen molar-refractivity contribution in [3.63, 3.8) is 0 Å². The number of imide groups is 1. The Balaban J connectivity index is 1.91. The highest BCUT2D eigenvalue weighted by atomic mass is 16.5. The Hall–Kier alpha value is -2.04. The first-order chi connectivity index (χ1) is 9.96. The van der Waals surface area contributed by atoms with Crippen molar-refractivity contribution in [3.8, 4) is 5.75 Å². The zero-order chi connectivity index (χ0) is 15.2. The summed E-state index contributed by atoms with van der Waals surface area (Å²) in [5, 5.41) is 0. The summed E-state index contributed by atoms with van der Waals surface area (Å²) in [5.74, 6) is 0.691. The van der Waals surface area contributed by atoms with Gasteiger partial charge >= 0.3 is 6.03 Å². The number of carbonyl (C=O) groups excluding carboxylic acids is 2. The van der Waals surface area contributed by atoms with Crippen LogP contribution in [0.25, 0.3) is 0 Å². The van der Waals surface area contributed by atoms with E-state index in [1.54, 1.807) is 18.7 Å². The average molecular weight is 288 g/mol. The van der Waals surface area contributed by atoms with Crippen molar-refractivity contribution >= 4 is 11.9 Å². The first kappa shape index (κ1) is 13.9. The molecule has 5 heteroatoms. The maximum atomic E-state index is 12.5. The van der Waals surface area contributed by atoms with Crippen molar-refractivity contribution in [2.24, 2.45) is 0 Å². The van der Waals surface area contributed by atoms with Crippen LogP contribution in [0, 0.1) is 0 Å². The second-order valence-electron chi connectivity index (χ2n) is 5.98. The quantitative estimate of drug-likeness (QED) is 0.801. The molecular weight excluding hydrogens is 268 g/mol. The van der Waals surface area contributed by atoms with Gasteiger partial charge in [-0.1, -0.05) is 18.2 Å². The average Bonchev–Trinajstić information content (AvgIpc) is 2.98. The van der Waals surface area contributed by atoms with Crippen molar-refractivity contribution < 1.29 is 14.3 Å². The molecular formula is C16H20N2O3. The van der Waals surface area contributed by atoms with Gasteiger partial charge in [0.2, 0.25) is 0 Å². The SMILES string of the molecule is CCN1C(=O)N(Cc2cccc3c2OCC3)C(=O)C1(C)C. The predicted octanol–water partition coefficient (Wildman–Crippen LogP) is 2.18. The van der Waals surface area contributed by atoms with Gasteiger partial charge in [-0.25, -0.2) is 4.79 Å². The minimum absolute atomic E-state index is 0.148. The molecule has 0 unspecified atom stereocenters. The van der Waals surface area contributed by atoms with Crippen LogP contribution in [0.5, 0.6) is 5.75 Å². The standard InChI is InChI=1S/C16H20N2O3/c1-4-18-15(20)17(14(19)16(18,2)3)10-12-7-5-6-11-8-9-21-13(11)12/h5-7H,4,8-10H2,1-3H3. The van der Waals surface area contributed by atoms with Crippen molar-refractivity contribution in [2.45, 2.75) is 39.3 Å². The number of hydrogen-bond acceptors (Lipinski definition) is 3. The Morgan fingerprint density at radius 1 is 1.29 bits per heavy atom. The van der Waals surface area contributed by atoms with Crippen molar-refractivity contribution in [1.29, 1.82) is 0 Å². The van der Waals surface area contributed by atoms with Gasteiger partial charge in [-0.15, -0.1) is 0 Å². The van der Waals surface area contributed by atoms with Gasteiger partial charge in [0, 0.05) is 18.5 Å². The van der Waals surface area contributed by atoms with E-state index < -0.39 is 5.54 Å². The fourth-order valence-electron chi connectivity index (χ4n) is 3.17. The summed E-state index contributed by atoms with van der Waals surface area (Å²) in [4.78, 5) is 27.9. The summed E-state index contributed by atoms with van der Waals surface area (Å²) in [7, 11) is 0. The fraction of sp³-hybridized carbons (Fsp3) is 0.500. The molecule has 2 aliphatic heterocycles. The predicted molar refractivity (Wildman–Crippen MR) is 78.0 cm³/mol. The number of carbonyl (C=O) groups is 2. The third-order valence-corrected chi connectivity index (χ3v) is 4.35. The molecule has 3 rings (SSSR count). The van der Waals surface area contributed by atoms with Gasteiger partial charge < -0.3 is 9.64 Å². The Bertz CT molecular complexity index is 610. The molecule has 5 nitrogen and oxygen atoms in total. The lowest BCUT2D eigenvalue weighted by molar-refractivity contribution is -0.132. The summed E-state index contributed by atoms with van der Waals surface area (Å²) in [5.41, 5.74) is 1.28. The smallest absolute Gasteiger partial charge is 0.327 e. The van der Waals surface area contributed by atoms with Gasteiger partial charge in [0.05, 0.1) is 13.2 Å². The fourth-order valence-corrected chi connectivity index (χ4v) is 3.17. The topological polar surface area (TPSA) is 49.9 Å². The molecule has 0 spiro atoms. The van der Waals surface area contributed by atoms with E-state index in [1.807, 2.05) is 25.1 Å². The number of hydrogen-bond donors (Lipinski definition) is 0. The zero-order valence-corrected chi connectivity index (χ0v) is 12.7. The van der Waals surface area contributed by atoms with E-state index >= 15 is 0 Å². The molecule has 3 amide bonds. The molecule has 0 N–H and O–H groups in total. The van der Waals surface area contributed by atoms with E-state index in [-0.39, 0.29) is 18.5 Å². The summed E-state index contributed by atoms with van der Waals surface area (Å²) in [6.07, 6.45) is 0.887. The highest BCUT2D eigenvalue weighted by molar-refractivity contribution is 6.06. The van der Waals surface area contributed by atoms with Crippen LogP contribution in [0.3, 0.4) is 0 Å². The molecule has 112 valence electrons. The van der Waals surface area contributed by atoms with Crippen LogP contribution in [-0.4, -0.2) is 40.4 Å². The number of para-hydroxylation sites is 1. The van der Waals surface area contributed by atoms with Gasteiger partial charge in [0.25, 0.3) is 5.91 Å². The second kappa shape index (κ2) is 4.76. The van der Waals surface area contributed by atoms with E-state index in [2.05, 4.69) is 0 Å². The monoisotopic (exact) mass is 288 g/mol. The van der Waals surface area contributed by atoms with Crippen molar-refractivity contribution in [2.75, 3.05) is 13.2 Å². The molecule has 0 aliphatic carbocycles. The number of urea groups is 1. The highest BCUT2D eigenvalue weighted by Crippen LogP contribution is 2.33. The summed E-state index contributed by atoms with van der Waals surface area (Å²) >= 11 is 0. The second-order valence-corrected chi connectivity index (χ2v) is 5.98. The third kappa shape index (κ3) is 1.99. The van der Waals surface area contributed by atoms with E-state index in [0.717, 1.165) is 23.3 Å². The molecule has 0 aromatic heterocycles. The summed E-state index contributed by atoms with van der Waals surface area (Å²) in [6, 6.07) is 5.69. The van der Waals surface area contributed by atoms with Crippen LogP contribution in [-0.2, 0) is 17.8 Å². The summed E-state index contributed by atoms with van der Waals surface area (Å²) < 4.78 is 5.65. The molecule has 0 bridgehead atoms. The number of ether oxygens (including phenoxy) is 1. The maximum Gasteiger partial charge on any atom is 0.327 e. The van der Waals surface area contributed by atoms with Crippen LogP contribution < -0.4 is 4.74 Å². The Morgan fingerprint density at radius 3 is 2.71 bits per heavy atom. The largest absolute Gasteiger partial charge is 0.493 e. The molecule has 2 heterocycles. The molecule has 2 aliphatic rings. The molecule has 0 atom stereocenters. The van der Waals surface area contributed by atoms with Crippen molar-refractivity contribution in [1.82, 2.24) is 9.80 Å². The Labute approximate surface area is 124 Å². The molecule has 1 saturated heterocycles. The van der Waals surface area contributed by atoms with E-state index in [0.29, 0.717) is 13.2 Å². The van der Waals surface area contributed by atoms with E-state index in [9.17, 15) is 9.59 Å². The van der Waals surface area contributed by atoms with Gasteiger partial charge in [-0.2, -0.15) is 0 Å². The molecule has 0 saturated carbocycles. The molecule has 0 radical (unpaired) electrons. The van der Waals surface area contributed by atoms with Crippen LogP contribution in [0.1, 0.15) is 31.9 Å². The molecule has 1 aromatic carbocycles. The third-order valence-electron chi connectivity index (χ3n) is 4.35. The van der Waals surface area contributed by atoms with Crippen LogP contribution >= 0.6 is 0 Å². The van der Waals surface area contributed by atoms with E-state index in [4.69, 9.17) is 4.74 Å². The maximum absolute atomic E-state index is 12.5. The first-order valence-corrected chi connectivity index (χ1v) is 7.34. The highest BCUT2D eigenvalue weighted by Gasteiger charge is 2.50. The van der Waals surface area contributed by atoms with Crippen LogP contribution in [0.2, 0.25) is 0 Å². The molecule has 1 fully saturated rings. The van der Waals surface area contributed by atoms with Gasteiger partial charge in [-0.05, 0) is 26.3 Å². The van der Waals surface area contributed by atoms with Gasteiger partial charge in [-0.3, -0.25) is 9.69 Å². The lowest BCUT2D eigenvalue weighted by Crippen LogP contribution is -2.43. The number of nitrogens with zero attached hydrogens (tertiary/aromatic N) is 2.